The van der Waals surface area contributed by atoms with Crippen LogP contribution in [0.15, 0.2) is 42.5 Å². The molecule has 0 bridgehead atoms. The Labute approximate surface area is 144 Å². The van der Waals surface area contributed by atoms with Crippen LogP contribution in [0.1, 0.15) is 12.0 Å². The predicted octanol–water partition coefficient (Wildman–Crippen LogP) is 2.49. The normalized spacial score (nSPS) is 10.0. The van der Waals surface area contributed by atoms with Crippen LogP contribution < -0.4 is 20.1 Å². The number of hydrogen-bond donors (Lipinski definition) is 2. The summed E-state index contributed by atoms with van der Waals surface area (Å²) < 4.78 is 23.1. The van der Waals surface area contributed by atoms with Crippen molar-refractivity contribution in [2.75, 3.05) is 19.5 Å². The number of halogens is 1. The van der Waals surface area contributed by atoms with E-state index in [1.807, 2.05) is 0 Å². The maximum Gasteiger partial charge on any atom is 0.233 e. The molecule has 0 fully saturated rings. The van der Waals surface area contributed by atoms with Crippen molar-refractivity contribution in [2.24, 2.45) is 0 Å². The zero-order chi connectivity index (χ0) is 18.2. The van der Waals surface area contributed by atoms with E-state index in [1.165, 1.54) is 26.4 Å². The lowest BCUT2D eigenvalue weighted by molar-refractivity contribution is -0.126. The van der Waals surface area contributed by atoms with Crippen LogP contribution >= 0.6 is 0 Å². The molecule has 0 aromatic heterocycles. The average molecular weight is 346 g/mol. The van der Waals surface area contributed by atoms with Gasteiger partial charge in [-0.25, -0.2) is 4.39 Å². The smallest absolute Gasteiger partial charge is 0.233 e. The standard InChI is InChI=1S/C18H19FN2O4/c1-24-14-7-8-15(16(9-14)25-2)21-18(23)10-17(22)20-11-12-3-5-13(19)6-4-12/h3-9H,10-11H2,1-2H3,(H,20,22)(H,21,23). The van der Waals surface area contributed by atoms with Crippen LogP contribution in [-0.2, 0) is 16.1 Å². The van der Waals surface area contributed by atoms with Crippen molar-refractivity contribution in [2.45, 2.75) is 13.0 Å². The first kappa shape index (κ1) is 18.3. The van der Waals surface area contributed by atoms with Crippen molar-refractivity contribution in [1.82, 2.24) is 5.32 Å². The molecule has 0 aliphatic heterocycles. The van der Waals surface area contributed by atoms with E-state index < -0.39 is 11.8 Å². The van der Waals surface area contributed by atoms with Gasteiger partial charge in [-0.05, 0) is 29.8 Å². The highest BCUT2D eigenvalue weighted by molar-refractivity contribution is 6.04. The molecule has 0 heterocycles. The second kappa shape index (κ2) is 8.68. The third-order valence-electron chi connectivity index (χ3n) is 3.41. The van der Waals surface area contributed by atoms with Crippen molar-refractivity contribution in [1.29, 1.82) is 0 Å². The Balaban J connectivity index is 1.87. The van der Waals surface area contributed by atoms with Gasteiger partial charge in [0.1, 0.15) is 23.7 Å². The summed E-state index contributed by atoms with van der Waals surface area (Å²) in [6, 6.07) is 10.7. The van der Waals surface area contributed by atoms with Gasteiger partial charge in [0.15, 0.2) is 0 Å². The van der Waals surface area contributed by atoms with Crippen molar-refractivity contribution in [3.05, 3.63) is 53.8 Å². The van der Waals surface area contributed by atoms with Crippen molar-refractivity contribution in [3.63, 3.8) is 0 Å². The molecule has 0 saturated heterocycles. The second-order valence-corrected chi connectivity index (χ2v) is 5.19. The minimum absolute atomic E-state index is 0.220. The molecule has 2 amide bonds. The number of amides is 2. The molecule has 0 saturated carbocycles. The average Bonchev–Trinajstić information content (AvgIpc) is 2.61. The van der Waals surface area contributed by atoms with E-state index in [2.05, 4.69) is 10.6 Å². The van der Waals surface area contributed by atoms with Gasteiger partial charge in [0.2, 0.25) is 11.8 Å². The molecular weight excluding hydrogens is 327 g/mol. The fraction of sp³-hybridized carbons (Fsp3) is 0.222. The van der Waals surface area contributed by atoms with Crippen LogP contribution in [0.5, 0.6) is 11.5 Å². The molecule has 2 aromatic carbocycles. The number of methoxy groups -OCH3 is 2. The van der Waals surface area contributed by atoms with Gasteiger partial charge in [0, 0.05) is 12.6 Å². The molecule has 25 heavy (non-hydrogen) atoms. The Bertz CT molecular complexity index is 747. The Kier molecular flexibility index (Phi) is 6.33. The van der Waals surface area contributed by atoms with Crippen LogP contribution in [0, 0.1) is 5.82 Å². The second-order valence-electron chi connectivity index (χ2n) is 5.19. The zero-order valence-corrected chi connectivity index (χ0v) is 14.0. The first-order chi connectivity index (χ1) is 12.0. The molecule has 2 aromatic rings. The molecule has 0 atom stereocenters. The fourth-order valence-corrected chi connectivity index (χ4v) is 2.11. The Morgan fingerprint density at radius 3 is 2.36 bits per heavy atom. The number of carbonyl (C=O) groups excluding carboxylic acids is 2. The first-order valence-electron chi connectivity index (χ1n) is 7.55. The molecule has 0 aliphatic carbocycles. The van der Waals surface area contributed by atoms with Crippen molar-refractivity contribution in [3.8, 4) is 11.5 Å². The topological polar surface area (TPSA) is 76.7 Å². The first-order valence-corrected chi connectivity index (χ1v) is 7.55. The van der Waals surface area contributed by atoms with Crippen molar-refractivity contribution < 1.29 is 23.5 Å². The van der Waals surface area contributed by atoms with Gasteiger partial charge < -0.3 is 20.1 Å². The lowest BCUT2D eigenvalue weighted by Gasteiger charge is -2.11. The minimum atomic E-state index is -0.472. The van der Waals surface area contributed by atoms with Crippen LogP contribution in [-0.4, -0.2) is 26.0 Å². The Hall–Kier alpha value is -3.09. The van der Waals surface area contributed by atoms with Gasteiger partial charge >= 0.3 is 0 Å². The molecule has 6 nitrogen and oxygen atoms in total. The largest absolute Gasteiger partial charge is 0.497 e. The molecule has 0 radical (unpaired) electrons. The monoisotopic (exact) mass is 346 g/mol. The summed E-state index contributed by atoms with van der Waals surface area (Å²) in [5.41, 5.74) is 1.19. The fourth-order valence-electron chi connectivity index (χ4n) is 2.11. The highest BCUT2D eigenvalue weighted by atomic mass is 19.1. The van der Waals surface area contributed by atoms with Gasteiger partial charge in [-0.2, -0.15) is 0 Å². The highest BCUT2D eigenvalue weighted by Crippen LogP contribution is 2.29. The Morgan fingerprint density at radius 2 is 1.72 bits per heavy atom. The molecule has 2 rings (SSSR count). The number of anilines is 1. The molecule has 2 N–H and O–H groups in total. The number of nitrogens with one attached hydrogen (secondary N) is 2. The third-order valence-corrected chi connectivity index (χ3v) is 3.41. The van der Waals surface area contributed by atoms with E-state index in [0.29, 0.717) is 17.2 Å². The summed E-state index contributed by atoms with van der Waals surface area (Å²) in [5, 5.41) is 5.23. The minimum Gasteiger partial charge on any atom is -0.497 e. The van der Waals surface area contributed by atoms with Gasteiger partial charge in [0.25, 0.3) is 0 Å². The van der Waals surface area contributed by atoms with Gasteiger partial charge in [-0.3, -0.25) is 9.59 Å². The molecular formula is C18H19FN2O4. The van der Waals surface area contributed by atoms with E-state index in [9.17, 15) is 14.0 Å². The van der Waals surface area contributed by atoms with Crippen LogP contribution in [0.4, 0.5) is 10.1 Å². The summed E-state index contributed by atoms with van der Waals surface area (Å²) in [7, 11) is 3.00. The van der Waals surface area contributed by atoms with Crippen molar-refractivity contribution >= 4 is 17.5 Å². The molecule has 0 spiro atoms. The van der Waals surface area contributed by atoms with Gasteiger partial charge in [-0.1, -0.05) is 12.1 Å². The number of ether oxygens (including phenoxy) is 2. The molecule has 7 heteroatoms. The van der Waals surface area contributed by atoms with Gasteiger partial charge in [0.05, 0.1) is 19.9 Å². The predicted molar refractivity (Wildman–Crippen MR) is 91.0 cm³/mol. The molecule has 0 aliphatic rings. The highest BCUT2D eigenvalue weighted by Gasteiger charge is 2.12. The van der Waals surface area contributed by atoms with Crippen LogP contribution in [0.2, 0.25) is 0 Å². The summed E-state index contributed by atoms with van der Waals surface area (Å²) in [6.45, 7) is 0.220. The SMILES string of the molecule is COc1ccc(NC(=O)CC(=O)NCc2ccc(F)cc2)c(OC)c1. The van der Waals surface area contributed by atoms with Crippen LogP contribution in [0.3, 0.4) is 0 Å². The van der Waals surface area contributed by atoms with E-state index in [1.54, 1.807) is 30.3 Å². The lowest BCUT2D eigenvalue weighted by Crippen LogP contribution is -2.27. The van der Waals surface area contributed by atoms with Gasteiger partial charge in [-0.15, -0.1) is 0 Å². The Morgan fingerprint density at radius 1 is 1.00 bits per heavy atom. The number of benzene rings is 2. The third kappa shape index (κ3) is 5.49. The number of hydrogen-bond acceptors (Lipinski definition) is 4. The number of rotatable bonds is 7. The summed E-state index contributed by atoms with van der Waals surface area (Å²) in [5.74, 6) is -0.233. The van der Waals surface area contributed by atoms with Crippen LogP contribution in [0.25, 0.3) is 0 Å². The zero-order valence-electron chi connectivity index (χ0n) is 14.0. The lowest BCUT2D eigenvalue weighted by atomic mass is 10.2. The quantitative estimate of drug-likeness (QED) is 0.755. The summed E-state index contributed by atoms with van der Waals surface area (Å²) >= 11 is 0. The summed E-state index contributed by atoms with van der Waals surface area (Å²) in [6.07, 6.45) is -0.337. The maximum atomic E-state index is 12.8. The van der Waals surface area contributed by atoms with E-state index in [4.69, 9.17) is 9.47 Å². The maximum absolute atomic E-state index is 12.8. The number of carbonyl (C=O) groups is 2. The molecule has 0 unspecified atom stereocenters. The molecule has 132 valence electrons. The summed E-state index contributed by atoms with van der Waals surface area (Å²) in [4.78, 5) is 23.8. The van der Waals surface area contributed by atoms with E-state index in [-0.39, 0.29) is 18.8 Å². The van der Waals surface area contributed by atoms with E-state index >= 15 is 0 Å². The van der Waals surface area contributed by atoms with E-state index in [0.717, 1.165) is 5.56 Å².